The summed E-state index contributed by atoms with van der Waals surface area (Å²) in [5.41, 5.74) is -1.25. The number of rotatable bonds is 10. The van der Waals surface area contributed by atoms with Crippen LogP contribution in [0.3, 0.4) is 0 Å². The molecule has 34 heavy (non-hydrogen) atoms. The van der Waals surface area contributed by atoms with E-state index in [4.69, 9.17) is 18.5 Å². The third kappa shape index (κ3) is 6.87. The quantitative estimate of drug-likeness (QED) is 0.323. The molecule has 0 saturated carbocycles. The molecule has 0 aliphatic carbocycles. The van der Waals surface area contributed by atoms with E-state index in [2.05, 4.69) is 10.1 Å². The number of aromatic nitrogens is 2. The third-order valence-corrected chi connectivity index (χ3v) is 6.44. The van der Waals surface area contributed by atoms with Crippen LogP contribution in [0, 0.1) is 0 Å². The normalized spacial score (nSPS) is 22.8. The van der Waals surface area contributed by atoms with E-state index >= 15 is 0 Å². The first-order valence-corrected chi connectivity index (χ1v) is 12.2. The van der Waals surface area contributed by atoms with E-state index in [1.807, 2.05) is 0 Å². The molecule has 2 heterocycles. The van der Waals surface area contributed by atoms with E-state index in [-0.39, 0.29) is 24.9 Å². The minimum atomic E-state index is -4.14. The van der Waals surface area contributed by atoms with Crippen molar-refractivity contribution in [3.05, 3.63) is 63.4 Å². The summed E-state index contributed by atoms with van der Waals surface area (Å²) in [6, 6.07) is 8.35. The van der Waals surface area contributed by atoms with Crippen molar-refractivity contribution < 1.29 is 33.0 Å². The van der Waals surface area contributed by atoms with Crippen molar-refractivity contribution in [3.8, 4) is 5.75 Å². The lowest BCUT2D eigenvalue weighted by molar-refractivity contribution is -0.149. The summed E-state index contributed by atoms with van der Waals surface area (Å²) in [6.45, 7) is 4.45. The summed E-state index contributed by atoms with van der Waals surface area (Å²) in [6.07, 6.45) is -1.96. The van der Waals surface area contributed by atoms with Crippen LogP contribution in [-0.2, 0) is 23.4 Å². The Kier molecular flexibility index (Phi) is 8.45. The first kappa shape index (κ1) is 25.9. The molecule has 1 aliphatic rings. The van der Waals surface area contributed by atoms with Gasteiger partial charge in [-0.15, -0.1) is 0 Å². The minimum absolute atomic E-state index is 0.0361. The van der Waals surface area contributed by atoms with E-state index in [9.17, 15) is 24.1 Å². The first-order valence-electron chi connectivity index (χ1n) is 10.7. The molecule has 186 valence electrons. The number of aliphatic hydroxyl groups is 1. The highest BCUT2D eigenvalue weighted by Gasteiger charge is 2.39. The van der Waals surface area contributed by atoms with E-state index < -0.39 is 49.4 Å². The lowest BCUT2D eigenvalue weighted by Crippen LogP contribution is -2.37. The van der Waals surface area contributed by atoms with E-state index in [1.165, 1.54) is 13.1 Å². The van der Waals surface area contributed by atoms with Crippen molar-refractivity contribution in [3.63, 3.8) is 0 Å². The number of hydrogen-bond donors (Lipinski definition) is 3. The van der Waals surface area contributed by atoms with Crippen molar-refractivity contribution >= 4 is 13.7 Å². The second-order valence-electron chi connectivity index (χ2n) is 7.98. The van der Waals surface area contributed by atoms with Crippen LogP contribution in [0.2, 0.25) is 0 Å². The summed E-state index contributed by atoms with van der Waals surface area (Å²) >= 11 is 0. The molecule has 0 radical (unpaired) electrons. The van der Waals surface area contributed by atoms with Crippen LogP contribution in [0.4, 0.5) is 0 Å². The Hall–Kier alpha value is -2.76. The zero-order chi connectivity index (χ0) is 24.9. The average Bonchev–Trinajstić information content (AvgIpc) is 3.12. The summed E-state index contributed by atoms with van der Waals surface area (Å²) in [4.78, 5) is 37.6. The molecule has 12 nitrogen and oxygen atoms in total. The second kappa shape index (κ2) is 11.1. The van der Waals surface area contributed by atoms with Crippen molar-refractivity contribution in [2.24, 2.45) is 0 Å². The molecule has 3 N–H and O–H groups in total. The number of hydrogen-bond acceptors (Lipinski definition) is 9. The van der Waals surface area contributed by atoms with Gasteiger partial charge in [-0.3, -0.25) is 23.7 Å². The number of para-hydroxylation sites is 1. The summed E-state index contributed by atoms with van der Waals surface area (Å²) in [5, 5.41) is 13.0. The number of benzene rings is 1. The SMILES string of the molecule is CC(C)OC(=O)[C@H](C)NP(=O)(OC[C@H]1O[C@@H](n2ccc(=O)[nH]c2=O)C[C@@H]1O)Oc1ccccc1. The Morgan fingerprint density at radius 1 is 1.26 bits per heavy atom. The van der Waals surface area contributed by atoms with E-state index in [0.717, 1.165) is 10.6 Å². The van der Waals surface area contributed by atoms with Gasteiger partial charge in [0.25, 0.3) is 5.56 Å². The predicted octanol–water partition coefficient (Wildman–Crippen LogP) is 1.32. The summed E-state index contributed by atoms with van der Waals surface area (Å²) in [5.74, 6) is -0.418. The lowest BCUT2D eigenvalue weighted by atomic mass is 10.2. The second-order valence-corrected chi connectivity index (χ2v) is 9.68. The molecule has 1 aromatic heterocycles. The molecule has 2 aromatic rings. The van der Waals surface area contributed by atoms with Crippen LogP contribution in [0.15, 0.2) is 52.2 Å². The number of nitrogens with zero attached hydrogens (tertiary/aromatic N) is 1. The maximum Gasteiger partial charge on any atom is 0.459 e. The van der Waals surface area contributed by atoms with Crippen LogP contribution in [-0.4, -0.2) is 51.6 Å². The molecule has 1 unspecified atom stereocenters. The molecular weight excluding hydrogens is 469 g/mol. The van der Waals surface area contributed by atoms with Crippen molar-refractivity contribution in [2.75, 3.05) is 6.61 Å². The molecule has 3 rings (SSSR count). The third-order valence-electron chi connectivity index (χ3n) is 4.80. The summed E-state index contributed by atoms with van der Waals surface area (Å²) in [7, 11) is -4.14. The molecule has 1 fully saturated rings. The monoisotopic (exact) mass is 497 g/mol. The van der Waals surface area contributed by atoms with Crippen LogP contribution in [0.25, 0.3) is 0 Å². The number of aliphatic hydroxyl groups excluding tert-OH is 1. The zero-order valence-corrected chi connectivity index (χ0v) is 19.8. The largest absolute Gasteiger partial charge is 0.462 e. The molecule has 0 spiro atoms. The zero-order valence-electron chi connectivity index (χ0n) is 19.0. The van der Waals surface area contributed by atoms with Crippen molar-refractivity contribution in [2.45, 2.75) is 57.8 Å². The Morgan fingerprint density at radius 2 is 1.97 bits per heavy atom. The number of H-pyrrole nitrogens is 1. The van der Waals surface area contributed by atoms with Crippen LogP contribution >= 0.6 is 7.75 Å². The van der Waals surface area contributed by atoms with Gasteiger partial charge in [0.2, 0.25) is 0 Å². The first-order chi connectivity index (χ1) is 16.1. The number of carbonyl (C=O) groups excluding carboxylic acids is 1. The van der Waals surface area contributed by atoms with Crippen molar-refractivity contribution in [1.29, 1.82) is 0 Å². The van der Waals surface area contributed by atoms with Crippen LogP contribution in [0.5, 0.6) is 5.75 Å². The molecule has 1 aliphatic heterocycles. The Morgan fingerprint density at radius 3 is 2.62 bits per heavy atom. The topological polar surface area (TPSA) is 158 Å². The maximum atomic E-state index is 13.5. The lowest BCUT2D eigenvalue weighted by Gasteiger charge is -2.25. The van der Waals surface area contributed by atoms with E-state index in [1.54, 1.807) is 44.2 Å². The molecule has 1 aromatic carbocycles. The molecule has 5 atom stereocenters. The fourth-order valence-electron chi connectivity index (χ4n) is 3.20. The fourth-order valence-corrected chi connectivity index (χ4v) is 4.70. The number of ether oxygens (including phenoxy) is 2. The Balaban J connectivity index is 1.71. The highest BCUT2D eigenvalue weighted by Crippen LogP contribution is 2.45. The molecule has 1 saturated heterocycles. The van der Waals surface area contributed by atoms with Gasteiger partial charge in [-0.05, 0) is 32.9 Å². The molecule has 13 heteroatoms. The smallest absolute Gasteiger partial charge is 0.459 e. The van der Waals surface area contributed by atoms with Gasteiger partial charge in [-0.2, -0.15) is 5.09 Å². The van der Waals surface area contributed by atoms with Gasteiger partial charge in [0, 0.05) is 18.7 Å². The molecule has 0 amide bonds. The highest BCUT2D eigenvalue weighted by molar-refractivity contribution is 7.52. The predicted molar refractivity (Wildman–Crippen MR) is 120 cm³/mol. The minimum Gasteiger partial charge on any atom is -0.462 e. The van der Waals surface area contributed by atoms with Crippen molar-refractivity contribution in [1.82, 2.24) is 14.6 Å². The number of aromatic amines is 1. The Labute approximate surface area is 195 Å². The van der Waals surface area contributed by atoms with Gasteiger partial charge in [0.1, 0.15) is 24.1 Å². The van der Waals surface area contributed by atoms with Gasteiger partial charge in [0.05, 0.1) is 18.8 Å². The summed E-state index contributed by atoms with van der Waals surface area (Å²) < 4.78 is 36.5. The Bertz CT molecular complexity index is 1130. The number of esters is 1. The van der Waals surface area contributed by atoms with Gasteiger partial charge in [0.15, 0.2) is 0 Å². The van der Waals surface area contributed by atoms with Crippen LogP contribution in [0.1, 0.15) is 33.4 Å². The van der Waals surface area contributed by atoms with Gasteiger partial charge in [-0.1, -0.05) is 18.2 Å². The fraction of sp³-hybridized carbons (Fsp3) is 0.476. The van der Waals surface area contributed by atoms with Crippen LogP contribution < -0.4 is 20.9 Å². The number of nitrogens with one attached hydrogen (secondary N) is 2. The standard InChI is InChI=1S/C21H28N3O9P/c1-13(2)31-20(27)14(3)23-34(29,33-15-7-5-4-6-8-15)30-12-17-16(25)11-19(32-17)24-10-9-18(26)22-21(24)28/h4-10,13-14,16-17,19,25H,11-12H2,1-3H3,(H,23,29)(H,22,26,28)/t14-,16-,17+,19+,34?/m0/s1. The van der Waals surface area contributed by atoms with Gasteiger partial charge >= 0.3 is 19.4 Å². The van der Waals surface area contributed by atoms with E-state index in [0.29, 0.717) is 0 Å². The van der Waals surface area contributed by atoms with Gasteiger partial charge < -0.3 is 19.1 Å². The molecular formula is C21H28N3O9P. The molecule has 0 bridgehead atoms. The van der Waals surface area contributed by atoms with Gasteiger partial charge in [-0.25, -0.2) is 9.36 Å². The number of carbonyl (C=O) groups is 1. The maximum absolute atomic E-state index is 13.5. The highest BCUT2D eigenvalue weighted by atomic mass is 31.2. The average molecular weight is 497 g/mol.